The number of aromatic nitrogens is 2. The quantitative estimate of drug-likeness (QED) is 0.549. The van der Waals surface area contributed by atoms with Crippen molar-refractivity contribution in [1.82, 2.24) is 9.97 Å². The van der Waals surface area contributed by atoms with E-state index >= 15 is 0 Å². The number of aromatic amines is 1. The van der Waals surface area contributed by atoms with Crippen LogP contribution >= 0.6 is 0 Å². The summed E-state index contributed by atoms with van der Waals surface area (Å²) in [6.07, 6.45) is 0. The van der Waals surface area contributed by atoms with E-state index in [4.69, 9.17) is 0 Å². The molecule has 0 aliphatic rings. The third-order valence-electron chi connectivity index (χ3n) is 2.85. The zero-order chi connectivity index (χ0) is 14.1. The summed E-state index contributed by atoms with van der Waals surface area (Å²) in [5.41, 5.74) is 0.844. The Hall–Kier alpha value is -1.89. The number of hydrogen-bond acceptors (Lipinski definition) is 3. The van der Waals surface area contributed by atoms with Crippen molar-refractivity contribution in [1.29, 1.82) is 0 Å². The van der Waals surface area contributed by atoms with Gasteiger partial charge in [-0.05, 0) is 0 Å². The molecule has 0 spiro atoms. The Morgan fingerprint density at radius 1 is 1.15 bits per heavy atom. The zero-order valence-corrected chi connectivity index (χ0v) is 12.8. The standard InChI is InChI=1S/C15H12IN2O2/c1-9-7-8-11-13(19)12(15(20)18-14(11)17-9)16-10-5-3-2-4-6-10/h2-8H,1H3,(H2,17,18,19,20)/q-1/p-1. The summed E-state index contributed by atoms with van der Waals surface area (Å²) >= 11 is -0.781. The van der Waals surface area contributed by atoms with Crippen LogP contribution in [0.25, 0.3) is 11.0 Å². The number of fused-ring (bicyclic) bond motifs is 1. The zero-order valence-electron chi connectivity index (χ0n) is 10.7. The summed E-state index contributed by atoms with van der Waals surface area (Å²) in [6.45, 7) is 1.83. The van der Waals surface area contributed by atoms with Gasteiger partial charge in [-0.3, -0.25) is 0 Å². The van der Waals surface area contributed by atoms with Crippen LogP contribution in [0, 0.1) is 14.1 Å². The van der Waals surface area contributed by atoms with Crippen molar-refractivity contribution in [3.05, 3.63) is 65.7 Å². The van der Waals surface area contributed by atoms with Crippen molar-refractivity contribution in [2.45, 2.75) is 6.92 Å². The Balaban J connectivity index is 2.16. The molecule has 0 unspecified atom stereocenters. The molecule has 5 heteroatoms. The summed E-state index contributed by atoms with van der Waals surface area (Å²) in [5.74, 6) is -0.187. The van der Waals surface area contributed by atoms with Crippen LogP contribution in [-0.2, 0) is 0 Å². The molecule has 1 N–H and O–H groups in total. The molecule has 0 radical (unpaired) electrons. The topological polar surface area (TPSA) is 68.8 Å². The van der Waals surface area contributed by atoms with Gasteiger partial charge in [0, 0.05) is 0 Å². The molecule has 2 aromatic heterocycles. The molecule has 20 heavy (non-hydrogen) atoms. The SMILES string of the molecule is Cc1ccc2c([O-])c([I-]c3ccccc3)c(=O)[nH]c2n1. The van der Waals surface area contributed by atoms with Crippen molar-refractivity contribution >= 4 is 11.0 Å². The first-order chi connectivity index (χ1) is 9.65. The molecule has 0 saturated heterocycles. The summed E-state index contributed by atoms with van der Waals surface area (Å²) in [5, 5.41) is 12.9. The predicted molar refractivity (Wildman–Crippen MR) is 70.4 cm³/mol. The number of benzene rings is 1. The van der Waals surface area contributed by atoms with E-state index in [-0.39, 0.29) is 11.3 Å². The Bertz CT molecular complexity index is 828. The second kappa shape index (κ2) is 5.24. The second-order valence-corrected chi connectivity index (χ2v) is 7.20. The third-order valence-corrected chi connectivity index (χ3v) is 5.71. The van der Waals surface area contributed by atoms with Crippen molar-refractivity contribution in [2.24, 2.45) is 0 Å². The van der Waals surface area contributed by atoms with Gasteiger partial charge in [-0.2, -0.15) is 0 Å². The molecule has 0 aliphatic heterocycles. The molecular formula is C15H11IN2O2-2. The maximum absolute atomic E-state index is 12.4. The van der Waals surface area contributed by atoms with Gasteiger partial charge in [-0.1, -0.05) is 0 Å². The van der Waals surface area contributed by atoms with Crippen molar-refractivity contribution in [2.75, 3.05) is 0 Å². The summed E-state index contributed by atoms with van der Waals surface area (Å²) in [6, 6.07) is 13.2. The van der Waals surface area contributed by atoms with Crippen LogP contribution in [0.3, 0.4) is 0 Å². The van der Waals surface area contributed by atoms with Crippen molar-refractivity contribution in [3.8, 4) is 5.75 Å². The fourth-order valence-corrected chi connectivity index (χ4v) is 4.20. The number of nitrogens with zero attached hydrogens (tertiary/aromatic N) is 1. The van der Waals surface area contributed by atoms with Gasteiger partial charge in [0.25, 0.3) is 0 Å². The first-order valence-electron chi connectivity index (χ1n) is 6.05. The van der Waals surface area contributed by atoms with Gasteiger partial charge < -0.3 is 0 Å². The minimum absolute atomic E-state index is 0.187. The first-order valence-corrected chi connectivity index (χ1v) is 8.21. The Kier molecular flexibility index (Phi) is 3.43. The number of halogens is 1. The Labute approximate surface area is 125 Å². The molecule has 3 rings (SSSR count). The molecule has 1 aromatic carbocycles. The number of pyridine rings is 2. The van der Waals surface area contributed by atoms with E-state index < -0.39 is 21.2 Å². The normalized spacial score (nSPS) is 11.1. The minimum atomic E-state index is -0.781. The molecule has 102 valence electrons. The van der Waals surface area contributed by atoms with Gasteiger partial charge in [0.2, 0.25) is 0 Å². The van der Waals surface area contributed by atoms with E-state index in [0.29, 0.717) is 14.6 Å². The van der Waals surface area contributed by atoms with Crippen molar-refractivity contribution < 1.29 is 26.3 Å². The fraction of sp³-hybridized carbons (Fsp3) is 0.0667. The number of hydrogen-bond donors (Lipinski definition) is 1. The number of nitrogens with one attached hydrogen (secondary N) is 1. The molecule has 4 nitrogen and oxygen atoms in total. The Morgan fingerprint density at radius 2 is 1.90 bits per heavy atom. The molecule has 0 atom stereocenters. The van der Waals surface area contributed by atoms with Crippen LogP contribution in [0.4, 0.5) is 0 Å². The molecule has 0 aliphatic carbocycles. The molecule has 0 bridgehead atoms. The van der Waals surface area contributed by atoms with E-state index in [9.17, 15) is 9.90 Å². The van der Waals surface area contributed by atoms with Crippen LogP contribution in [-0.4, -0.2) is 9.97 Å². The second-order valence-electron chi connectivity index (χ2n) is 4.34. The molecule has 0 fully saturated rings. The van der Waals surface area contributed by atoms with E-state index in [1.807, 2.05) is 37.3 Å². The average molecular weight is 378 g/mol. The van der Waals surface area contributed by atoms with Crippen LogP contribution < -0.4 is 31.9 Å². The van der Waals surface area contributed by atoms with Gasteiger partial charge in [-0.15, -0.1) is 0 Å². The van der Waals surface area contributed by atoms with Crippen LogP contribution in [0.2, 0.25) is 0 Å². The predicted octanol–water partition coefficient (Wildman–Crippen LogP) is -1.57. The van der Waals surface area contributed by atoms with E-state index in [2.05, 4.69) is 9.97 Å². The van der Waals surface area contributed by atoms with Gasteiger partial charge in [-0.25, -0.2) is 0 Å². The summed E-state index contributed by atoms with van der Waals surface area (Å²) < 4.78 is 1.42. The molecule has 3 aromatic rings. The number of H-pyrrole nitrogens is 1. The fourth-order valence-electron chi connectivity index (χ4n) is 1.89. The van der Waals surface area contributed by atoms with Gasteiger partial charge in [0.05, 0.1) is 0 Å². The summed E-state index contributed by atoms with van der Waals surface area (Å²) in [7, 11) is 0. The molecule has 2 heterocycles. The Morgan fingerprint density at radius 3 is 2.65 bits per heavy atom. The van der Waals surface area contributed by atoms with Crippen LogP contribution in [0.5, 0.6) is 5.75 Å². The van der Waals surface area contributed by atoms with Crippen LogP contribution in [0.15, 0.2) is 47.3 Å². The maximum atomic E-state index is 12.4. The van der Waals surface area contributed by atoms with Gasteiger partial charge in [0.15, 0.2) is 0 Å². The first kappa shape index (κ1) is 13.1. The average Bonchev–Trinajstić information content (AvgIpc) is 2.44. The van der Waals surface area contributed by atoms with Crippen molar-refractivity contribution in [3.63, 3.8) is 0 Å². The monoisotopic (exact) mass is 378 g/mol. The number of rotatable bonds is 2. The van der Waals surface area contributed by atoms with Gasteiger partial charge >= 0.3 is 126 Å². The molecule has 0 amide bonds. The van der Waals surface area contributed by atoms with E-state index in [0.717, 1.165) is 9.26 Å². The summed E-state index contributed by atoms with van der Waals surface area (Å²) in [4.78, 5) is 19.0. The molecule has 0 saturated carbocycles. The number of aryl methyl sites for hydroxylation is 1. The third kappa shape index (κ3) is 2.40. The molecular weight excluding hydrogens is 367 g/mol. The van der Waals surface area contributed by atoms with Gasteiger partial charge in [0.1, 0.15) is 0 Å². The van der Waals surface area contributed by atoms with E-state index in [1.54, 1.807) is 12.1 Å². The van der Waals surface area contributed by atoms with Crippen LogP contribution in [0.1, 0.15) is 5.69 Å². The van der Waals surface area contributed by atoms with E-state index in [1.165, 1.54) is 0 Å².